The molecule has 0 saturated carbocycles. The van der Waals surface area contributed by atoms with Crippen LogP contribution in [0.3, 0.4) is 0 Å². The number of rotatable bonds is 3. The van der Waals surface area contributed by atoms with Gasteiger partial charge in [-0.25, -0.2) is 0 Å². The van der Waals surface area contributed by atoms with Crippen molar-refractivity contribution in [3.8, 4) is 0 Å². The number of hydrogen-bond donors (Lipinski definition) is 1. The van der Waals surface area contributed by atoms with Crippen LogP contribution in [0.25, 0.3) is 0 Å². The molecule has 0 saturated heterocycles. The van der Waals surface area contributed by atoms with Gasteiger partial charge in [0.05, 0.1) is 19.3 Å². The molecule has 2 heterocycles. The molecule has 0 radical (unpaired) electrons. The Labute approximate surface area is 82.3 Å². The molecule has 2 N–H and O–H groups in total. The Kier molecular flexibility index (Phi) is 2.37. The molecule has 2 rings (SSSR count). The van der Waals surface area contributed by atoms with E-state index in [-0.39, 0.29) is 0 Å². The zero-order valence-electron chi connectivity index (χ0n) is 8.10. The second kappa shape index (κ2) is 3.67. The molecule has 0 bridgehead atoms. The third-order valence-corrected chi connectivity index (χ3v) is 2.00. The minimum Gasteiger partial charge on any atom is -0.463 e. The molecule has 14 heavy (non-hydrogen) atoms. The van der Waals surface area contributed by atoms with E-state index < -0.39 is 0 Å². The standard InChI is InChI=1S/C10H13N3O/c1-8-5-12-13(6-8)7-10-3-2-9(4-11)14-10/h2-3,5-6H,4,7,11H2,1H3. The van der Waals surface area contributed by atoms with Crippen molar-refractivity contribution in [3.63, 3.8) is 0 Å². The van der Waals surface area contributed by atoms with E-state index in [2.05, 4.69) is 5.10 Å². The van der Waals surface area contributed by atoms with E-state index in [9.17, 15) is 0 Å². The Hall–Kier alpha value is -1.55. The lowest BCUT2D eigenvalue weighted by molar-refractivity contribution is 0.446. The zero-order chi connectivity index (χ0) is 9.97. The van der Waals surface area contributed by atoms with Crippen LogP contribution in [0.2, 0.25) is 0 Å². The molecular formula is C10H13N3O. The summed E-state index contributed by atoms with van der Waals surface area (Å²) < 4.78 is 7.30. The van der Waals surface area contributed by atoms with Crippen LogP contribution in [0.5, 0.6) is 0 Å². The van der Waals surface area contributed by atoms with Gasteiger partial charge in [0.2, 0.25) is 0 Å². The average Bonchev–Trinajstić information content (AvgIpc) is 2.76. The zero-order valence-corrected chi connectivity index (χ0v) is 8.10. The van der Waals surface area contributed by atoms with Crippen molar-refractivity contribution in [1.82, 2.24) is 9.78 Å². The van der Waals surface area contributed by atoms with Gasteiger partial charge in [-0.1, -0.05) is 0 Å². The number of hydrogen-bond acceptors (Lipinski definition) is 3. The maximum Gasteiger partial charge on any atom is 0.125 e. The van der Waals surface area contributed by atoms with Gasteiger partial charge in [-0.3, -0.25) is 4.68 Å². The van der Waals surface area contributed by atoms with E-state index in [0.29, 0.717) is 13.1 Å². The van der Waals surface area contributed by atoms with Gasteiger partial charge >= 0.3 is 0 Å². The van der Waals surface area contributed by atoms with Crippen LogP contribution < -0.4 is 5.73 Å². The molecule has 0 aliphatic rings. The second-order valence-electron chi connectivity index (χ2n) is 3.29. The molecule has 0 aliphatic heterocycles. The Morgan fingerprint density at radius 1 is 1.43 bits per heavy atom. The first-order valence-corrected chi connectivity index (χ1v) is 4.54. The smallest absolute Gasteiger partial charge is 0.125 e. The molecule has 2 aromatic heterocycles. The second-order valence-corrected chi connectivity index (χ2v) is 3.29. The van der Waals surface area contributed by atoms with Crippen molar-refractivity contribution in [2.24, 2.45) is 5.73 Å². The summed E-state index contributed by atoms with van der Waals surface area (Å²) in [5.41, 5.74) is 6.59. The molecule has 0 unspecified atom stereocenters. The molecule has 4 nitrogen and oxygen atoms in total. The van der Waals surface area contributed by atoms with Crippen molar-refractivity contribution in [1.29, 1.82) is 0 Å². The highest BCUT2D eigenvalue weighted by atomic mass is 16.3. The van der Waals surface area contributed by atoms with Crippen LogP contribution in [0.4, 0.5) is 0 Å². The third-order valence-electron chi connectivity index (χ3n) is 2.00. The predicted molar refractivity (Wildman–Crippen MR) is 52.7 cm³/mol. The first-order valence-electron chi connectivity index (χ1n) is 4.54. The SMILES string of the molecule is Cc1cnn(Cc2ccc(CN)o2)c1. The molecule has 0 aliphatic carbocycles. The van der Waals surface area contributed by atoms with Gasteiger partial charge in [-0.05, 0) is 24.6 Å². The van der Waals surface area contributed by atoms with Crippen LogP contribution in [0.15, 0.2) is 28.9 Å². The molecule has 2 aromatic rings. The highest BCUT2D eigenvalue weighted by molar-refractivity contribution is 5.08. The maximum absolute atomic E-state index is 5.46. The van der Waals surface area contributed by atoms with Crippen LogP contribution >= 0.6 is 0 Å². The summed E-state index contributed by atoms with van der Waals surface area (Å²) in [6, 6.07) is 3.82. The van der Waals surface area contributed by atoms with Gasteiger partial charge in [0, 0.05) is 6.20 Å². The summed E-state index contributed by atoms with van der Waals surface area (Å²) in [4.78, 5) is 0. The summed E-state index contributed by atoms with van der Waals surface area (Å²) in [7, 11) is 0. The number of furan rings is 1. The first-order chi connectivity index (χ1) is 6.78. The Balaban J connectivity index is 2.10. The van der Waals surface area contributed by atoms with Gasteiger partial charge in [-0.2, -0.15) is 5.10 Å². The highest BCUT2D eigenvalue weighted by Crippen LogP contribution is 2.08. The fourth-order valence-corrected chi connectivity index (χ4v) is 1.33. The molecule has 0 atom stereocenters. The van der Waals surface area contributed by atoms with Gasteiger partial charge in [-0.15, -0.1) is 0 Å². The molecule has 0 spiro atoms. The normalized spacial score (nSPS) is 10.7. The lowest BCUT2D eigenvalue weighted by atomic mass is 10.4. The summed E-state index contributed by atoms with van der Waals surface area (Å²) in [5.74, 6) is 1.69. The number of nitrogens with zero attached hydrogens (tertiary/aromatic N) is 2. The highest BCUT2D eigenvalue weighted by Gasteiger charge is 2.01. The van der Waals surface area contributed by atoms with Crippen LogP contribution in [0.1, 0.15) is 17.1 Å². The fourth-order valence-electron chi connectivity index (χ4n) is 1.33. The van der Waals surface area contributed by atoms with Crippen molar-refractivity contribution in [2.45, 2.75) is 20.0 Å². The Morgan fingerprint density at radius 3 is 2.79 bits per heavy atom. The fraction of sp³-hybridized carbons (Fsp3) is 0.300. The van der Waals surface area contributed by atoms with Crippen LogP contribution in [0, 0.1) is 6.92 Å². The van der Waals surface area contributed by atoms with Gasteiger partial charge in [0.25, 0.3) is 0 Å². The van der Waals surface area contributed by atoms with E-state index in [4.69, 9.17) is 10.2 Å². The topological polar surface area (TPSA) is 57.0 Å². The van der Waals surface area contributed by atoms with E-state index in [1.165, 1.54) is 0 Å². The Morgan fingerprint density at radius 2 is 2.21 bits per heavy atom. The van der Waals surface area contributed by atoms with Gasteiger partial charge < -0.3 is 10.2 Å². The molecule has 0 aromatic carbocycles. The van der Waals surface area contributed by atoms with Crippen LogP contribution in [-0.4, -0.2) is 9.78 Å². The summed E-state index contributed by atoms with van der Waals surface area (Å²) in [5, 5.41) is 4.17. The minimum absolute atomic E-state index is 0.443. The quantitative estimate of drug-likeness (QED) is 0.795. The summed E-state index contributed by atoms with van der Waals surface area (Å²) in [6.45, 7) is 3.11. The molecule has 0 fully saturated rings. The molecule has 0 amide bonds. The van der Waals surface area contributed by atoms with E-state index in [1.54, 1.807) is 0 Å². The molecule has 74 valence electrons. The number of aryl methyl sites for hydroxylation is 1. The van der Waals surface area contributed by atoms with Crippen molar-refractivity contribution < 1.29 is 4.42 Å². The number of nitrogens with two attached hydrogens (primary N) is 1. The summed E-state index contributed by atoms with van der Waals surface area (Å²) >= 11 is 0. The lowest BCUT2D eigenvalue weighted by Crippen LogP contribution is -1.98. The maximum atomic E-state index is 5.46. The van der Waals surface area contributed by atoms with E-state index in [0.717, 1.165) is 17.1 Å². The van der Waals surface area contributed by atoms with Gasteiger partial charge in [0.1, 0.15) is 11.5 Å². The van der Waals surface area contributed by atoms with Crippen molar-refractivity contribution >= 4 is 0 Å². The van der Waals surface area contributed by atoms with Crippen molar-refractivity contribution in [3.05, 3.63) is 41.6 Å². The van der Waals surface area contributed by atoms with Gasteiger partial charge in [0.15, 0.2) is 0 Å². The van der Waals surface area contributed by atoms with E-state index >= 15 is 0 Å². The van der Waals surface area contributed by atoms with E-state index in [1.807, 2.05) is 36.1 Å². The van der Waals surface area contributed by atoms with Crippen LogP contribution in [-0.2, 0) is 13.1 Å². The largest absolute Gasteiger partial charge is 0.463 e. The summed E-state index contributed by atoms with van der Waals surface area (Å²) in [6.07, 6.45) is 3.80. The minimum atomic E-state index is 0.443. The Bertz CT molecular complexity index is 416. The third kappa shape index (κ3) is 1.85. The monoisotopic (exact) mass is 191 g/mol. The number of aromatic nitrogens is 2. The molecular weight excluding hydrogens is 178 g/mol. The lowest BCUT2D eigenvalue weighted by Gasteiger charge is -1.96. The van der Waals surface area contributed by atoms with Crippen molar-refractivity contribution in [2.75, 3.05) is 0 Å². The first kappa shape index (κ1) is 9.02. The molecule has 4 heteroatoms. The predicted octanol–water partition coefficient (Wildman–Crippen LogP) is 1.29. The average molecular weight is 191 g/mol.